The van der Waals surface area contributed by atoms with Gasteiger partial charge in [-0.05, 0) is 36.7 Å². The molecule has 2 atom stereocenters. The summed E-state index contributed by atoms with van der Waals surface area (Å²) < 4.78 is 28.8. The number of alkyl halides is 2. The SMILES string of the molecule is CC(C)(C)[S@+]([O-])N=C(c1ccccc1)C(F)Br. The first kappa shape index (κ1) is 14.7. The fraction of sp³-hybridized carbons (Fsp3) is 0.417. The molecule has 0 aliphatic heterocycles. The molecule has 0 aliphatic carbocycles. The topological polar surface area (TPSA) is 35.4 Å². The standard InChI is InChI=1S/C12H15BrFNOS/c1-12(2,3)17(16)15-10(11(13)14)9-7-5-4-6-8-9/h4-8,11H,1-3H3/t11?,17-/m0/s1. The van der Waals surface area contributed by atoms with E-state index in [1.807, 2.05) is 6.07 Å². The molecule has 94 valence electrons. The zero-order chi connectivity index (χ0) is 13.1. The number of benzene rings is 1. The summed E-state index contributed by atoms with van der Waals surface area (Å²) in [5.74, 6) is 0. The van der Waals surface area contributed by atoms with E-state index in [1.165, 1.54) is 0 Å². The van der Waals surface area contributed by atoms with Crippen molar-refractivity contribution in [2.75, 3.05) is 0 Å². The molecular weight excluding hydrogens is 305 g/mol. The van der Waals surface area contributed by atoms with Gasteiger partial charge >= 0.3 is 0 Å². The molecule has 17 heavy (non-hydrogen) atoms. The summed E-state index contributed by atoms with van der Waals surface area (Å²) in [7, 11) is 0. The second kappa shape index (κ2) is 5.98. The molecule has 1 aromatic carbocycles. The molecule has 0 amide bonds. The van der Waals surface area contributed by atoms with Crippen molar-refractivity contribution in [2.45, 2.75) is 30.6 Å². The summed E-state index contributed by atoms with van der Waals surface area (Å²) in [6.07, 6.45) is 0. The Labute approximate surface area is 113 Å². The van der Waals surface area contributed by atoms with E-state index >= 15 is 0 Å². The summed E-state index contributed by atoms with van der Waals surface area (Å²) in [6.45, 7) is 5.41. The molecule has 0 saturated heterocycles. The number of rotatable bonds is 3. The normalized spacial score (nSPS) is 16.7. The first-order chi connectivity index (χ1) is 7.82. The van der Waals surface area contributed by atoms with Gasteiger partial charge in [-0.1, -0.05) is 34.7 Å². The van der Waals surface area contributed by atoms with E-state index in [0.717, 1.165) is 0 Å². The summed E-state index contributed by atoms with van der Waals surface area (Å²) in [6, 6.07) is 8.91. The molecular formula is C12H15BrFNOS. The van der Waals surface area contributed by atoms with Crippen LogP contribution in [0.25, 0.3) is 0 Å². The molecule has 0 heterocycles. The quantitative estimate of drug-likeness (QED) is 0.476. The Morgan fingerprint density at radius 1 is 1.35 bits per heavy atom. The Hall–Kier alpha value is -0.390. The molecule has 0 spiro atoms. The molecule has 0 bridgehead atoms. The molecule has 0 saturated carbocycles. The number of hydrogen-bond acceptors (Lipinski definition) is 2. The van der Waals surface area contributed by atoms with Gasteiger partial charge in [0.05, 0.1) is 0 Å². The van der Waals surface area contributed by atoms with Gasteiger partial charge in [-0.3, -0.25) is 0 Å². The predicted octanol–water partition coefficient (Wildman–Crippen LogP) is 3.63. The molecule has 1 aromatic rings. The van der Waals surface area contributed by atoms with Gasteiger partial charge in [0.1, 0.15) is 21.8 Å². The Balaban J connectivity index is 3.07. The summed E-state index contributed by atoms with van der Waals surface area (Å²) in [5, 5.41) is -1.42. The highest BCUT2D eigenvalue weighted by Gasteiger charge is 2.29. The van der Waals surface area contributed by atoms with Gasteiger partial charge in [-0.2, -0.15) is 0 Å². The molecule has 0 fully saturated rings. The van der Waals surface area contributed by atoms with E-state index in [-0.39, 0.29) is 5.71 Å². The summed E-state index contributed by atoms with van der Waals surface area (Å²) >= 11 is 1.37. The van der Waals surface area contributed by atoms with Gasteiger partial charge in [0, 0.05) is 5.56 Å². The van der Waals surface area contributed by atoms with E-state index in [1.54, 1.807) is 45.0 Å². The minimum atomic E-state index is -1.47. The fourth-order valence-corrected chi connectivity index (χ4v) is 2.21. The van der Waals surface area contributed by atoms with E-state index < -0.39 is 21.2 Å². The smallest absolute Gasteiger partial charge is 0.201 e. The molecule has 0 N–H and O–H groups in total. The van der Waals surface area contributed by atoms with Crippen molar-refractivity contribution >= 4 is 33.0 Å². The van der Waals surface area contributed by atoms with Crippen molar-refractivity contribution in [3.05, 3.63) is 35.9 Å². The molecule has 0 aliphatic rings. The van der Waals surface area contributed by atoms with Gasteiger partial charge in [0.2, 0.25) is 5.08 Å². The van der Waals surface area contributed by atoms with Gasteiger partial charge in [-0.25, -0.2) is 4.39 Å². The van der Waals surface area contributed by atoms with Crippen LogP contribution in [0.2, 0.25) is 0 Å². The van der Waals surface area contributed by atoms with Crippen LogP contribution in [0.3, 0.4) is 0 Å². The largest absolute Gasteiger partial charge is 0.591 e. The molecule has 0 radical (unpaired) electrons. The van der Waals surface area contributed by atoms with Crippen LogP contribution in [0.1, 0.15) is 26.3 Å². The Morgan fingerprint density at radius 2 is 1.88 bits per heavy atom. The first-order valence-electron chi connectivity index (χ1n) is 5.16. The van der Waals surface area contributed by atoms with Crippen molar-refractivity contribution in [1.29, 1.82) is 0 Å². The molecule has 2 nitrogen and oxygen atoms in total. The Kier molecular flexibility index (Phi) is 5.16. The van der Waals surface area contributed by atoms with Gasteiger partial charge in [-0.15, -0.1) is 0 Å². The van der Waals surface area contributed by atoms with Gasteiger partial charge in [0.25, 0.3) is 0 Å². The molecule has 1 rings (SSSR count). The summed E-state index contributed by atoms with van der Waals surface area (Å²) in [4.78, 5) is 0. The lowest BCUT2D eigenvalue weighted by Gasteiger charge is -2.19. The lowest BCUT2D eigenvalue weighted by Crippen LogP contribution is -2.28. The third-order valence-corrected chi connectivity index (χ3v) is 3.83. The number of hydrogen-bond donors (Lipinski definition) is 0. The van der Waals surface area contributed by atoms with Crippen LogP contribution < -0.4 is 0 Å². The van der Waals surface area contributed by atoms with Crippen LogP contribution in [0.15, 0.2) is 34.7 Å². The minimum absolute atomic E-state index is 0.166. The van der Waals surface area contributed by atoms with Crippen molar-refractivity contribution in [2.24, 2.45) is 4.40 Å². The van der Waals surface area contributed by atoms with Crippen molar-refractivity contribution in [3.63, 3.8) is 0 Å². The second-order valence-electron chi connectivity index (χ2n) is 4.50. The fourth-order valence-electron chi connectivity index (χ4n) is 1.05. The third-order valence-electron chi connectivity index (χ3n) is 1.98. The monoisotopic (exact) mass is 319 g/mol. The van der Waals surface area contributed by atoms with Crippen LogP contribution >= 0.6 is 15.9 Å². The van der Waals surface area contributed by atoms with Crippen LogP contribution in [0.4, 0.5) is 4.39 Å². The van der Waals surface area contributed by atoms with E-state index in [2.05, 4.69) is 20.3 Å². The average Bonchev–Trinajstić information content (AvgIpc) is 2.25. The lowest BCUT2D eigenvalue weighted by atomic mass is 10.1. The highest BCUT2D eigenvalue weighted by atomic mass is 79.9. The maximum absolute atomic E-state index is 13.5. The Bertz CT molecular complexity index is 389. The molecule has 0 aromatic heterocycles. The lowest BCUT2D eigenvalue weighted by molar-refractivity contribution is 0.546. The van der Waals surface area contributed by atoms with Gasteiger partial charge in [0.15, 0.2) is 0 Å². The van der Waals surface area contributed by atoms with Crippen molar-refractivity contribution in [3.8, 4) is 0 Å². The van der Waals surface area contributed by atoms with Crippen LogP contribution in [-0.2, 0) is 11.4 Å². The van der Waals surface area contributed by atoms with Gasteiger partial charge < -0.3 is 4.55 Å². The maximum Gasteiger partial charge on any atom is 0.201 e. The number of halogens is 2. The molecule has 1 unspecified atom stereocenters. The summed E-state index contributed by atoms with van der Waals surface area (Å²) in [5.41, 5.74) is 0.799. The van der Waals surface area contributed by atoms with E-state index in [4.69, 9.17) is 0 Å². The van der Waals surface area contributed by atoms with Crippen molar-refractivity contribution < 1.29 is 8.94 Å². The average molecular weight is 320 g/mol. The maximum atomic E-state index is 13.5. The molecule has 5 heteroatoms. The van der Waals surface area contributed by atoms with E-state index in [0.29, 0.717) is 5.56 Å². The highest BCUT2D eigenvalue weighted by molar-refractivity contribution is 9.09. The van der Waals surface area contributed by atoms with Crippen LogP contribution in [-0.4, -0.2) is 20.1 Å². The zero-order valence-electron chi connectivity index (χ0n) is 9.98. The van der Waals surface area contributed by atoms with Crippen LogP contribution in [0, 0.1) is 0 Å². The predicted molar refractivity (Wildman–Crippen MR) is 74.7 cm³/mol. The van der Waals surface area contributed by atoms with Crippen molar-refractivity contribution in [1.82, 2.24) is 0 Å². The minimum Gasteiger partial charge on any atom is -0.591 e. The van der Waals surface area contributed by atoms with Crippen LogP contribution in [0.5, 0.6) is 0 Å². The zero-order valence-corrected chi connectivity index (χ0v) is 12.4. The first-order valence-corrected chi connectivity index (χ1v) is 7.19. The Morgan fingerprint density at radius 3 is 2.29 bits per heavy atom. The second-order valence-corrected chi connectivity index (χ2v) is 7.21. The third kappa shape index (κ3) is 4.41. The number of nitrogens with zero attached hydrogens (tertiary/aromatic N) is 1. The van der Waals surface area contributed by atoms with E-state index in [9.17, 15) is 8.94 Å². The highest BCUT2D eigenvalue weighted by Crippen LogP contribution is 2.21.